The molecule has 3 rings (SSSR count). The van der Waals surface area contributed by atoms with Crippen molar-refractivity contribution in [3.05, 3.63) is 46.7 Å². The molecule has 1 saturated heterocycles. The summed E-state index contributed by atoms with van der Waals surface area (Å²) in [5, 5.41) is 10.1. The SMILES string of the molecule is C[C@@H](N[C@H]1CCN(c2cccc(Br)c2)C1=O)c1cn[nH]c1. The summed E-state index contributed by atoms with van der Waals surface area (Å²) >= 11 is 3.45. The zero-order valence-electron chi connectivity index (χ0n) is 11.7. The van der Waals surface area contributed by atoms with Crippen molar-refractivity contribution in [2.75, 3.05) is 11.4 Å². The standard InChI is InChI=1S/C15H17BrN4O/c1-10(11-8-17-18-9-11)19-14-5-6-20(15(14)21)13-4-2-3-12(16)7-13/h2-4,7-10,14,19H,5-6H2,1H3,(H,17,18)/t10-,14+/m1/s1. The molecule has 2 atom stereocenters. The van der Waals surface area contributed by atoms with Gasteiger partial charge in [0.2, 0.25) is 5.91 Å². The number of aromatic nitrogens is 2. The number of hydrogen-bond donors (Lipinski definition) is 2. The van der Waals surface area contributed by atoms with E-state index in [4.69, 9.17) is 0 Å². The van der Waals surface area contributed by atoms with Gasteiger partial charge in [0.05, 0.1) is 12.2 Å². The lowest BCUT2D eigenvalue weighted by molar-refractivity contribution is -0.119. The smallest absolute Gasteiger partial charge is 0.244 e. The average molecular weight is 349 g/mol. The number of carbonyl (C=O) groups is 1. The van der Waals surface area contributed by atoms with E-state index in [0.29, 0.717) is 0 Å². The fourth-order valence-electron chi connectivity index (χ4n) is 2.63. The molecule has 1 amide bonds. The molecule has 1 aromatic carbocycles. The molecular formula is C15H17BrN4O. The summed E-state index contributed by atoms with van der Waals surface area (Å²) in [5.41, 5.74) is 2.00. The molecule has 0 saturated carbocycles. The van der Waals surface area contributed by atoms with Crippen LogP contribution in [0.1, 0.15) is 24.9 Å². The first-order valence-electron chi connectivity index (χ1n) is 6.97. The predicted molar refractivity (Wildman–Crippen MR) is 85.0 cm³/mol. The molecule has 1 aromatic heterocycles. The van der Waals surface area contributed by atoms with E-state index in [1.165, 1.54) is 0 Å². The third-order valence-electron chi connectivity index (χ3n) is 3.80. The van der Waals surface area contributed by atoms with E-state index in [-0.39, 0.29) is 18.0 Å². The van der Waals surface area contributed by atoms with Gasteiger partial charge in [0.15, 0.2) is 0 Å². The molecule has 0 aliphatic carbocycles. The second-order valence-electron chi connectivity index (χ2n) is 5.23. The summed E-state index contributed by atoms with van der Waals surface area (Å²) in [7, 11) is 0. The number of nitrogens with zero attached hydrogens (tertiary/aromatic N) is 2. The van der Waals surface area contributed by atoms with E-state index in [1.807, 2.05) is 42.3 Å². The van der Waals surface area contributed by atoms with Crippen LogP contribution < -0.4 is 10.2 Å². The van der Waals surface area contributed by atoms with Crippen LogP contribution in [-0.2, 0) is 4.79 Å². The van der Waals surface area contributed by atoms with Crippen molar-refractivity contribution >= 4 is 27.5 Å². The van der Waals surface area contributed by atoms with Crippen LogP contribution in [-0.4, -0.2) is 28.7 Å². The van der Waals surface area contributed by atoms with Gasteiger partial charge in [-0.2, -0.15) is 5.10 Å². The highest BCUT2D eigenvalue weighted by Gasteiger charge is 2.33. The molecular weight excluding hydrogens is 332 g/mol. The maximum absolute atomic E-state index is 12.5. The van der Waals surface area contributed by atoms with Crippen LogP contribution in [0.4, 0.5) is 5.69 Å². The number of nitrogens with one attached hydrogen (secondary N) is 2. The van der Waals surface area contributed by atoms with Crippen molar-refractivity contribution < 1.29 is 4.79 Å². The predicted octanol–water partition coefficient (Wildman–Crippen LogP) is 2.63. The minimum atomic E-state index is -0.145. The molecule has 0 bridgehead atoms. The molecule has 21 heavy (non-hydrogen) atoms. The zero-order chi connectivity index (χ0) is 14.8. The monoisotopic (exact) mass is 348 g/mol. The fourth-order valence-corrected chi connectivity index (χ4v) is 3.02. The number of amides is 1. The Bertz CT molecular complexity index is 628. The zero-order valence-corrected chi connectivity index (χ0v) is 13.3. The highest BCUT2D eigenvalue weighted by atomic mass is 79.9. The molecule has 110 valence electrons. The van der Waals surface area contributed by atoms with Gasteiger partial charge in [0, 0.05) is 34.5 Å². The minimum absolute atomic E-state index is 0.0974. The van der Waals surface area contributed by atoms with Crippen LogP contribution in [0.3, 0.4) is 0 Å². The number of rotatable bonds is 4. The maximum Gasteiger partial charge on any atom is 0.244 e. The Kier molecular flexibility index (Phi) is 4.07. The minimum Gasteiger partial charge on any atom is -0.311 e. The average Bonchev–Trinajstić information content (AvgIpc) is 3.10. The summed E-state index contributed by atoms with van der Waals surface area (Å²) in [4.78, 5) is 14.4. The molecule has 0 spiro atoms. The molecule has 0 unspecified atom stereocenters. The third kappa shape index (κ3) is 3.01. The van der Waals surface area contributed by atoms with Gasteiger partial charge in [-0.3, -0.25) is 15.2 Å². The first-order valence-corrected chi connectivity index (χ1v) is 7.76. The molecule has 6 heteroatoms. The van der Waals surface area contributed by atoms with Gasteiger partial charge < -0.3 is 4.90 Å². The van der Waals surface area contributed by atoms with Crippen molar-refractivity contribution in [3.8, 4) is 0 Å². The summed E-state index contributed by atoms with van der Waals surface area (Å²) in [6.07, 6.45) is 4.44. The Morgan fingerprint density at radius 3 is 3.10 bits per heavy atom. The Labute approximate surface area is 131 Å². The van der Waals surface area contributed by atoms with E-state index >= 15 is 0 Å². The molecule has 2 aromatic rings. The van der Waals surface area contributed by atoms with Gasteiger partial charge in [0.25, 0.3) is 0 Å². The van der Waals surface area contributed by atoms with Crippen LogP contribution in [0.15, 0.2) is 41.1 Å². The van der Waals surface area contributed by atoms with E-state index < -0.39 is 0 Å². The van der Waals surface area contributed by atoms with Crippen molar-refractivity contribution in [2.24, 2.45) is 0 Å². The molecule has 0 radical (unpaired) electrons. The molecule has 1 aliphatic rings. The van der Waals surface area contributed by atoms with Gasteiger partial charge in [-0.05, 0) is 31.5 Å². The lowest BCUT2D eigenvalue weighted by Gasteiger charge is -2.19. The summed E-state index contributed by atoms with van der Waals surface area (Å²) in [5.74, 6) is 0.128. The quantitative estimate of drug-likeness (QED) is 0.892. The number of carbonyl (C=O) groups excluding carboxylic acids is 1. The summed E-state index contributed by atoms with van der Waals surface area (Å²) < 4.78 is 0.982. The van der Waals surface area contributed by atoms with Gasteiger partial charge in [-0.25, -0.2) is 0 Å². The summed E-state index contributed by atoms with van der Waals surface area (Å²) in [6, 6.07) is 7.79. The molecule has 1 fully saturated rings. The number of aromatic amines is 1. The Morgan fingerprint density at radius 1 is 1.52 bits per heavy atom. The van der Waals surface area contributed by atoms with Crippen LogP contribution >= 0.6 is 15.9 Å². The second-order valence-corrected chi connectivity index (χ2v) is 6.15. The topological polar surface area (TPSA) is 61.0 Å². The molecule has 2 N–H and O–H groups in total. The Morgan fingerprint density at radius 2 is 2.38 bits per heavy atom. The van der Waals surface area contributed by atoms with Gasteiger partial charge in [-0.1, -0.05) is 22.0 Å². The van der Waals surface area contributed by atoms with Crippen LogP contribution in [0.25, 0.3) is 0 Å². The third-order valence-corrected chi connectivity index (χ3v) is 4.29. The van der Waals surface area contributed by atoms with Crippen molar-refractivity contribution in [3.63, 3.8) is 0 Å². The number of benzene rings is 1. The van der Waals surface area contributed by atoms with Crippen LogP contribution in [0.2, 0.25) is 0 Å². The first-order chi connectivity index (χ1) is 10.1. The van der Waals surface area contributed by atoms with Crippen molar-refractivity contribution in [2.45, 2.75) is 25.4 Å². The second kappa shape index (κ2) is 5.99. The number of H-pyrrole nitrogens is 1. The normalized spacial score (nSPS) is 20.0. The van der Waals surface area contributed by atoms with E-state index in [1.54, 1.807) is 6.20 Å². The molecule has 2 heterocycles. The van der Waals surface area contributed by atoms with Gasteiger partial charge in [0.1, 0.15) is 0 Å². The van der Waals surface area contributed by atoms with E-state index in [2.05, 4.69) is 31.4 Å². The molecule has 5 nitrogen and oxygen atoms in total. The van der Waals surface area contributed by atoms with Crippen molar-refractivity contribution in [1.29, 1.82) is 0 Å². The van der Waals surface area contributed by atoms with Crippen molar-refractivity contribution in [1.82, 2.24) is 15.5 Å². The summed E-state index contributed by atoms with van der Waals surface area (Å²) in [6.45, 7) is 2.78. The largest absolute Gasteiger partial charge is 0.311 e. The van der Waals surface area contributed by atoms with Crippen LogP contribution in [0, 0.1) is 0 Å². The van der Waals surface area contributed by atoms with Gasteiger partial charge >= 0.3 is 0 Å². The maximum atomic E-state index is 12.5. The lowest BCUT2D eigenvalue weighted by Crippen LogP contribution is -2.39. The van der Waals surface area contributed by atoms with E-state index in [9.17, 15) is 4.79 Å². The number of anilines is 1. The number of hydrogen-bond acceptors (Lipinski definition) is 3. The Hall–Kier alpha value is -1.66. The highest BCUT2D eigenvalue weighted by molar-refractivity contribution is 9.10. The molecule has 1 aliphatic heterocycles. The van der Waals surface area contributed by atoms with Crippen LogP contribution in [0.5, 0.6) is 0 Å². The van der Waals surface area contributed by atoms with Gasteiger partial charge in [-0.15, -0.1) is 0 Å². The number of halogens is 1. The van der Waals surface area contributed by atoms with E-state index in [0.717, 1.165) is 28.7 Å². The first kappa shape index (κ1) is 14.3. The Balaban J connectivity index is 1.69. The fraction of sp³-hybridized carbons (Fsp3) is 0.333. The lowest BCUT2D eigenvalue weighted by atomic mass is 10.1. The highest BCUT2D eigenvalue weighted by Crippen LogP contribution is 2.25.